The summed E-state index contributed by atoms with van der Waals surface area (Å²) in [5.41, 5.74) is 4.86. The molecule has 0 spiro atoms. The second-order valence-corrected chi connectivity index (χ2v) is 10.5. The molecule has 13 nitrogen and oxygen atoms in total. The zero-order valence-corrected chi connectivity index (χ0v) is 21.9. The average molecular weight is 541 g/mol. The molecule has 0 aliphatic carbocycles. The zero-order valence-electron chi connectivity index (χ0n) is 21.1. The molecule has 0 saturated carbocycles. The lowest BCUT2D eigenvalue weighted by Crippen LogP contribution is -2.38. The molecule has 3 rings (SSSR count). The van der Waals surface area contributed by atoms with Gasteiger partial charge in [-0.2, -0.15) is 4.98 Å². The third-order valence-corrected chi connectivity index (χ3v) is 6.96. The van der Waals surface area contributed by atoms with Crippen LogP contribution in [0.4, 0.5) is 5.82 Å². The van der Waals surface area contributed by atoms with Gasteiger partial charge in [0.2, 0.25) is 0 Å². The van der Waals surface area contributed by atoms with Crippen molar-refractivity contribution in [3.8, 4) is 5.75 Å². The van der Waals surface area contributed by atoms with E-state index in [1.54, 1.807) is 51.1 Å². The summed E-state index contributed by atoms with van der Waals surface area (Å²) in [5, 5.41) is 13.5. The minimum atomic E-state index is -4.05. The fourth-order valence-electron chi connectivity index (χ4n) is 3.47. The van der Waals surface area contributed by atoms with Crippen molar-refractivity contribution >= 4 is 19.5 Å². The van der Waals surface area contributed by atoms with E-state index in [1.165, 1.54) is 19.4 Å². The lowest BCUT2D eigenvalue weighted by Gasteiger charge is -2.24. The Kier molecular flexibility index (Phi) is 9.82. The number of nitrogen functional groups attached to an aromatic ring is 1. The third-order valence-electron chi connectivity index (χ3n) is 5.45. The Bertz CT molecular complexity index is 1150. The van der Waals surface area contributed by atoms with Gasteiger partial charge in [-0.1, -0.05) is 32.0 Å². The summed E-state index contributed by atoms with van der Waals surface area (Å²) in [4.78, 5) is 27.9. The Morgan fingerprint density at radius 3 is 2.59 bits per heavy atom. The standard InChI is InChI=1S/C23H33N4O9P/c1-14(2)22(29)34-15(3)12-25-37(31,36-16-8-6-5-7-9-16)33-13-17-19(28)20(32-4)21(35-17)27-11-10-18(24)26-23(27)30/h5-11,14-15,17,19-21,28H,12-13H2,1-4H3,(H,25,31)(H2,24,26,30)/t15-,17+,19?,20?,21+,37?/m0/s1. The molecule has 0 radical (unpaired) electrons. The quantitative estimate of drug-likeness (QED) is 0.262. The number of nitrogens with one attached hydrogen (secondary N) is 1. The smallest absolute Gasteiger partial charge is 0.458 e. The molecular formula is C23H33N4O9P. The number of rotatable bonds is 12. The van der Waals surface area contributed by atoms with Crippen LogP contribution in [-0.4, -0.2) is 65.3 Å². The fraction of sp³-hybridized carbons (Fsp3) is 0.522. The molecule has 2 heterocycles. The second-order valence-electron chi connectivity index (χ2n) is 8.76. The summed E-state index contributed by atoms with van der Waals surface area (Å²) in [5.74, 6) is -0.421. The maximum Gasteiger partial charge on any atom is 0.458 e. The summed E-state index contributed by atoms with van der Waals surface area (Å²) < 4.78 is 42.5. The molecule has 1 fully saturated rings. The Morgan fingerprint density at radius 2 is 1.97 bits per heavy atom. The van der Waals surface area contributed by atoms with E-state index in [-0.39, 0.29) is 30.6 Å². The minimum absolute atomic E-state index is 0.0343. The number of aliphatic hydroxyl groups is 1. The first kappa shape index (κ1) is 28.8. The van der Waals surface area contributed by atoms with Gasteiger partial charge in [-0.05, 0) is 25.1 Å². The number of anilines is 1. The van der Waals surface area contributed by atoms with Crippen LogP contribution in [0.3, 0.4) is 0 Å². The molecule has 14 heteroatoms. The summed E-state index contributed by atoms with van der Waals surface area (Å²) in [6.07, 6.45) is -3.52. The second kappa shape index (κ2) is 12.6. The molecule has 0 amide bonds. The van der Waals surface area contributed by atoms with Crippen molar-refractivity contribution in [3.63, 3.8) is 0 Å². The molecule has 37 heavy (non-hydrogen) atoms. The SMILES string of the molecule is COC1C(O)[C@@H](COP(=O)(NC[C@H](C)OC(=O)C(C)C)Oc2ccccc2)O[C@H]1n1ccc(N)nc1=O. The molecule has 1 aromatic carbocycles. The first-order chi connectivity index (χ1) is 17.5. The van der Waals surface area contributed by atoms with Crippen LogP contribution < -0.4 is 21.0 Å². The minimum Gasteiger partial charge on any atom is -0.461 e. The van der Waals surface area contributed by atoms with Gasteiger partial charge in [0, 0.05) is 19.9 Å². The van der Waals surface area contributed by atoms with Crippen molar-refractivity contribution in [3.05, 3.63) is 53.1 Å². The number of para-hydroxylation sites is 1. The van der Waals surface area contributed by atoms with Gasteiger partial charge in [-0.3, -0.25) is 13.9 Å². The topological polar surface area (TPSA) is 173 Å². The van der Waals surface area contributed by atoms with Gasteiger partial charge >= 0.3 is 19.4 Å². The lowest BCUT2D eigenvalue weighted by atomic mass is 10.1. The molecule has 1 aromatic heterocycles. The third kappa shape index (κ3) is 7.60. The van der Waals surface area contributed by atoms with Gasteiger partial charge in [-0.25, -0.2) is 14.4 Å². The van der Waals surface area contributed by atoms with Crippen molar-refractivity contribution in [2.24, 2.45) is 5.92 Å². The van der Waals surface area contributed by atoms with Crippen molar-refractivity contribution in [1.82, 2.24) is 14.6 Å². The number of esters is 1. The number of carbonyl (C=O) groups excluding carboxylic acids is 1. The maximum absolute atomic E-state index is 13.6. The average Bonchev–Trinajstić information content (AvgIpc) is 3.17. The number of ether oxygens (including phenoxy) is 3. The number of carbonyl (C=O) groups is 1. The molecule has 4 N–H and O–H groups in total. The number of benzene rings is 1. The predicted octanol–water partition coefficient (Wildman–Crippen LogP) is 1.48. The first-order valence-corrected chi connectivity index (χ1v) is 13.2. The van der Waals surface area contributed by atoms with Crippen LogP contribution in [-0.2, 0) is 28.1 Å². The molecule has 204 valence electrons. The van der Waals surface area contributed by atoms with Gasteiger partial charge in [0.25, 0.3) is 0 Å². The summed E-state index contributed by atoms with van der Waals surface area (Å²) in [7, 11) is -2.69. The number of aromatic nitrogens is 2. The van der Waals surface area contributed by atoms with E-state index in [1.807, 2.05) is 0 Å². The molecule has 3 unspecified atom stereocenters. The monoisotopic (exact) mass is 540 g/mol. The van der Waals surface area contributed by atoms with E-state index in [4.69, 9.17) is 29.0 Å². The van der Waals surface area contributed by atoms with Crippen LogP contribution in [0.5, 0.6) is 5.75 Å². The number of nitrogens with zero attached hydrogens (tertiary/aromatic N) is 2. The van der Waals surface area contributed by atoms with E-state index >= 15 is 0 Å². The molecule has 1 aliphatic heterocycles. The summed E-state index contributed by atoms with van der Waals surface area (Å²) >= 11 is 0. The Morgan fingerprint density at radius 1 is 1.27 bits per heavy atom. The highest BCUT2D eigenvalue weighted by atomic mass is 31.2. The van der Waals surface area contributed by atoms with E-state index in [9.17, 15) is 19.3 Å². The largest absolute Gasteiger partial charge is 0.461 e. The number of hydrogen-bond acceptors (Lipinski definition) is 11. The zero-order chi connectivity index (χ0) is 27.2. The molecule has 6 atom stereocenters. The first-order valence-electron chi connectivity index (χ1n) is 11.7. The Hall–Kier alpha value is -2.80. The number of methoxy groups -OCH3 is 1. The Labute approximate surface area is 214 Å². The number of aliphatic hydroxyl groups excluding tert-OH is 1. The van der Waals surface area contributed by atoms with E-state index in [0.717, 1.165) is 4.57 Å². The van der Waals surface area contributed by atoms with Crippen LogP contribution >= 0.6 is 7.75 Å². The normalized spacial score (nSPS) is 23.9. The lowest BCUT2D eigenvalue weighted by molar-refractivity contribution is -0.151. The van der Waals surface area contributed by atoms with Crippen LogP contribution in [0.2, 0.25) is 0 Å². The van der Waals surface area contributed by atoms with Gasteiger partial charge < -0.3 is 29.6 Å². The van der Waals surface area contributed by atoms with Crippen molar-refractivity contribution in [1.29, 1.82) is 0 Å². The highest BCUT2D eigenvalue weighted by Crippen LogP contribution is 2.45. The van der Waals surface area contributed by atoms with E-state index < -0.39 is 50.0 Å². The van der Waals surface area contributed by atoms with Crippen molar-refractivity contribution < 1.29 is 37.7 Å². The van der Waals surface area contributed by atoms with Crippen molar-refractivity contribution in [2.75, 3.05) is 26.0 Å². The van der Waals surface area contributed by atoms with Gasteiger partial charge in [0.05, 0.1) is 12.5 Å². The van der Waals surface area contributed by atoms with Gasteiger partial charge in [0.1, 0.15) is 36.0 Å². The van der Waals surface area contributed by atoms with Crippen LogP contribution in [0.1, 0.15) is 27.0 Å². The van der Waals surface area contributed by atoms with Crippen molar-refractivity contribution in [2.45, 2.75) is 51.4 Å². The van der Waals surface area contributed by atoms with E-state index in [0.29, 0.717) is 0 Å². The van der Waals surface area contributed by atoms with Crippen LogP contribution in [0, 0.1) is 5.92 Å². The van der Waals surface area contributed by atoms with E-state index in [2.05, 4.69) is 10.1 Å². The van der Waals surface area contributed by atoms with Gasteiger partial charge in [0.15, 0.2) is 6.23 Å². The number of nitrogens with two attached hydrogens (primary N) is 1. The molecule has 2 aromatic rings. The highest BCUT2D eigenvalue weighted by molar-refractivity contribution is 7.52. The van der Waals surface area contributed by atoms with Gasteiger partial charge in [-0.15, -0.1) is 0 Å². The number of hydrogen-bond donors (Lipinski definition) is 3. The summed E-state index contributed by atoms with van der Waals surface area (Å²) in [6, 6.07) is 9.76. The molecule has 0 bridgehead atoms. The van der Waals surface area contributed by atoms with Crippen LogP contribution in [0.15, 0.2) is 47.4 Å². The molecule has 1 aliphatic rings. The predicted molar refractivity (Wildman–Crippen MR) is 133 cm³/mol. The highest BCUT2D eigenvalue weighted by Gasteiger charge is 2.46. The fourth-order valence-corrected chi connectivity index (χ4v) is 4.90. The molecular weight excluding hydrogens is 507 g/mol. The summed E-state index contributed by atoms with van der Waals surface area (Å²) in [6.45, 7) is 4.63. The Balaban J connectivity index is 1.72. The maximum atomic E-state index is 13.6. The van der Waals surface area contributed by atoms with Crippen LogP contribution in [0.25, 0.3) is 0 Å². The molecule has 1 saturated heterocycles.